The van der Waals surface area contributed by atoms with Crippen molar-refractivity contribution in [3.8, 4) is 0 Å². The molecule has 19 heavy (non-hydrogen) atoms. The van der Waals surface area contributed by atoms with Gasteiger partial charge in [0.15, 0.2) is 0 Å². The number of aliphatic hydroxyl groups is 1. The first-order valence-corrected chi connectivity index (χ1v) is 7.01. The monoisotopic (exact) mass is 269 g/mol. The highest BCUT2D eigenvalue weighted by molar-refractivity contribution is 5.88. The van der Waals surface area contributed by atoms with Gasteiger partial charge in [-0.25, -0.2) is 0 Å². The van der Waals surface area contributed by atoms with Gasteiger partial charge in [-0.1, -0.05) is 26.3 Å². The second kappa shape index (κ2) is 7.06. The smallest absolute Gasteiger partial charge is 0.244 e. The Hall–Kier alpha value is -0.870. The number of aliphatic hydroxyl groups excluding tert-OH is 1. The lowest BCUT2D eigenvalue weighted by Gasteiger charge is -2.19. The van der Waals surface area contributed by atoms with Crippen molar-refractivity contribution in [2.24, 2.45) is 11.3 Å². The van der Waals surface area contributed by atoms with Gasteiger partial charge in [0.1, 0.15) is 0 Å². The van der Waals surface area contributed by atoms with Crippen molar-refractivity contribution in [2.75, 3.05) is 19.8 Å². The minimum absolute atomic E-state index is 0.0106. The van der Waals surface area contributed by atoms with Crippen LogP contribution < -0.4 is 5.32 Å². The van der Waals surface area contributed by atoms with Crippen molar-refractivity contribution in [1.29, 1.82) is 0 Å². The summed E-state index contributed by atoms with van der Waals surface area (Å²) in [6.07, 6.45) is 3.44. The third-order valence-electron chi connectivity index (χ3n) is 3.40. The summed E-state index contributed by atoms with van der Waals surface area (Å²) in [4.78, 5) is 11.7. The summed E-state index contributed by atoms with van der Waals surface area (Å²) < 4.78 is 5.37. The summed E-state index contributed by atoms with van der Waals surface area (Å²) in [7, 11) is 0. The Balaban J connectivity index is 2.17. The van der Waals surface area contributed by atoms with Gasteiger partial charge in [0.05, 0.1) is 12.7 Å². The van der Waals surface area contributed by atoms with Crippen LogP contribution in [0.4, 0.5) is 0 Å². The number of hydrogen-bond donors (Lipinski definition) is 2. The van der Waals surface area contributed by atoms with Gasteiger partial charge in [0.2, 0.25) is 5.91 Å². The molecule has 0 bridgehead atoms. The van der Waals surface area contributed by atoms with Crippen LogP contribution in [0.1, 0.15) is 40.5 Å². The number of allylic oxidation sites excluding steroid dienone is 1. The van der Waals surface area contributed by atoms with E-state index in [2.05, 4.69) is 26.1 Å². The van der Waals surface area contributed by atoms with E-state index >= 15 is 0 Å². The Bertz CT molecular complexity index is 327. The molecule has 0 aromatic heterocycles. The van der Waals surface area contributed by atoms with Crippen molar-refractivity contribution in [2.45, 2.75) is 46.6 Å². The molecular weight excluding hydrogens is 242 g/mol. The van der Waals surface area contributed by atoms with Crippen molar-refractivity contribution >= 4 is 5.91 Å². The molecule has 1 saturated carbocycles. The number of carbonyl (C=O) groups is 1. The summed E-state index contributed by atoms with van der Waals surface area (Å²) in [6.45, 7) is 9.38. The van der Waals surface area contributed by atoms with E-state index in [1.807, 2.05) is 6.92 Å². The maximum absolute atomic E-state index is 11.7. The summed E-state index contributed by atoms with van der Waals surface area (Å²) >= 11 is 0. The Kier molecular flexibility index (Phi) is 6.01. The minimum Gasteiger partial charge on any atom is -0.389 e. The van der Waals surface area contributed by atoms with Crippen LogP contribution in [-0.4, -0.2) is 36.9 Å². The standard InChI is InChI=1S/C15H27NO3/c1-11(15(2,3)4)7-14(18)16-8-13(17)10-19-9-12-5-6-12/h7,12-13,17H,5-6,8-10H2,1-4H3,(H,16,18). The van der Waals surface area contributed by atoms with Crippen LogP contribution in [-0.2, 0) is 9.53 Å². The molecule has 1 rings (SSSR count). The van der Waals surface area contributed by atoms with Crippen molar-refractivity contribution in [3.05, 3.63) is 11.6 Å². The maximum Gasteiger partial charge on any atom is 0.244 e. The van der Waals surface area contributed by atoms with E-state index in [1.54, 1.807) is 6.08 Å². The Morgan fingerprint density at radius 1 is 1.47 bits per heavy atom. The lowest BCUT2D eigenvalue weighted by molar-refractivity contribution is -0.117. The molecule has 0 saturated heterocycles. The molecule has 0 aromatic rings. The van der Waals surface area contributed by atoms with Gasteiger partial charge >= 0.3 is 0 Å². The maximum atomic E-state index is 11.7. The van der Waals surface area contributed by atoms with Gasteiger partial charge in [0.25, 0.3) is 0 Å². The van der Waals surface area contributed by atoms with Crippen LogP contribution in [0.5, 0.6) is 0 Å². The molecule has 1 fully saturated rings. The van der Waals surface area contributed by atoms with Gasteiger partial charge in [-0.3, -0.25) is 4.79 Å². The fourth-order valence-electron chi connectivity index (χ4n) is 1.40. The molecule has 0 spiro atoms. The van der Waals surface area contributed by atoms with Gasteiger partial charge in [-0.2, -0.15) is 0 Å². The molecule has 1 amide bonds. The zero-order chi connectivity index (χ0) is 14.5. The normalized spacial score (nSPS) is 18.3. The molecule has 1 atom stereocenters. The molecule has 4 heteroatoms. The van der Waals surface area contributed by atoms with Crippen molar-refractivity contribution < 1.29 is 14.6 Å². The average molecular weight is 269 g/mol. The fraction of sp³-hybridized carbons (Fsp3) is 0.800. The second-order valence-electron chi connectivity index (χ2n) is 6.46. The first-order valence-electron chi connectivity index (χ1n) is 7.01. The van der Waals surface area contributed by atoms with Gasteiger partial charge in [-0.05, 0) is 31.1 Å². The lowest BCUT2D eigenvalue weighted by atomic mass is 9.87. The Morgan fingerprint density at radius 2 is 2.11 bits per heavy atom. The van der Waals surface area contributed by atoms with Crippen LogP contribution in [0, 0.1) is 11.3 Å². The van der Waals surface area contributed by atoms with E-state index in [0.717, 1.165) is 12.2 Å². The predicted octanol–water partition coefficient (Wildman–Crippen LogP) is 1.88. The number of ether oxygens (including phenoxy) is 1. The second-order valence-corrected chi connectivity index (χ2v) is 6.46. The number of nitrogens with one attached hydrogen (secondary N) is 1. The summed E-state index contributed by atoms with van der Waals surface area (Å²) in [5.41, 5.74) is 1.01. The van der Waals surface area contributed by atoms with Crippen molar-refractivity contribution in [3.63, 3.8) is 0 Å². The Morgan fingerprint density at radius 3 is 2.63 bits per heavy atom. The van der Waals surface area contributed by atoms with E-state index in [9.17, 15) is 9.90 Å². The average Bonchev–Trinajstić information content (AvgIpc) is 3.09. The van der Waals surface area contributed by atoms with E-state index in [1.165, 1.54) is 12.8 Å². The third kappa shape index (κ3) is 7.33. The fourth-order valence-corrected chi connectivity index (χ4v) is 1.40. The lowest BCUT2D eigenvalue weighted by Crippen LogP contribution is -2.34. The predicted molar refractivity (Wildman–Crippen MR) is 75.8 cm³/mol. The number of amides is 1. The molecule has 2 N–H and O–H groups in total. The molecule has 0 radical (unpaired) electrons. The molecule has 1 unspecified atom stereocenters. The number of carbonyl (C=O) groups excluding carboxylic acids is 1. The van der Waals surface area contributed by atoms with Crippen LogP contribution in [0.15, 0.2) is 11.6 Å². The molecular formula is C15H27NO3. The van der Waals surface area contributed by atoms with Crippen LogP contribution in [0.2, 0.25) is 0 Å². The molecule has 0 heterocycles. The van der Waals surface area contributed by atoms with E-state index in [4.69, 9.17) is 4.74 Å². The first-order chi connectivity index (χ1) is 8.79. The van der Waals surface area contributed by atoms with Crippen molar-refractivity contribution in [1.82, 2.24) is 5.32 Å². The number of rotatable bonds is 7. The summed E-state index contributed by atoms with van der Waals surface area (Å²) in [6, 6.07) is 0. The molecule has 1 aliphatic carbocycles. The van der Waals surface area contributed by atoms with Gasteiger partial charge in [-0.15, -0.1) is 0 Å². The highest BCUT2D eigenvalue weighted by Gasteiger charge is 2.21. The number of hydrogen-bond acceptors (Lipinski definition) is 3. The summed E-state index contributed by atoms with van der Waals surface area (Å²) in [5, 5.41) is 12.4. The zero-order valence-electron chi connectivity index (χ0n) is 12.5. The van der Waals surface area contributed by atoms with E-state index in [-0.39, 0.29) is 17.9 Å². The molecule has 110 valence electrons. The van der Waals surface area contributed by atoms with Gasteiger partial charge < -0.3 is 15.2 Å². The topological polar surface area (TPSA) is 58.6 Å². The largest absolute Gasteiger partial charge is 0.389 e. The quantitative estimate of drug-likeness (QED) is 0.694. The third-order valence-corrected chi connectivity index (χ3v) is 3.40. The highest BCUT2D eigenvalue weighted by atomic mass is 16.5. The van der Waals surface area contributed by atoms with Gasteiger partial charge in [0, 0.05) is 19.2 Å². The highest BCUT2D eigenvalue weighted by Crippen LogP contribution is 2.28. The minimum atomic E-state index is -0.633. The van der Waals surface area contributed by atoms with Crippen LogP contribution >= 0.6 is 0 Å². The molecule has 0 aromatic carbocycles. The molecule has 1 aliphatic rings. The van der Waals surface area contributed by atoms with Crippen LogP contribution in [0.3, 0.4) is 0 Å². The summed E-state index contributed by atoms with van der Waals surface area (Å²) in [5.74, 6) is 0.535. The first kappa shape index (κ1) is 16.2. The van der Waals surface area contributed by atoms with E-state index < -0.39 is 6.10 Å². The SMILES string of the molecule is CC(=CC(=O)NCC(O)COCC1CC1)C(C)(C)C. The Labute approximate surface area is 116 Å². The van der Waals surface area contributed by atoms with E-state index in [0.29, 0.717) is 12.5 Å². The molecule has 0 aliphatic heterocycles. The molecule has 4 nitrogen and oxygen atoms in total. The van der Waals surface area contributed by atoms with Crippen LogP contribution in [0.25, 0.3) is 0 Å². The zero-order valence-corrected chi connectivity index (χ0v) is 12.5.